The topological polar surface area (TPSA) is 66.0 Å². The maximum Gasteiger partial charge on any atom is 0.121 e. The van der Waals surface area contributed by atoms with Crippen molar-refractivity contribution in [3.63, 3.8) is 0 Å². The van der Waals surface area contributed by atoms with Crippen molar-refractivity contribution in [1.29, 1.82) is 0 Å². The van der Waals surface area contributed by atoms with E-state index in [4.69, 9.17) is 9.57 Å². The monoisotopic (exact) mass is 269 g/mol. The zero-order valence-electron chi connectivity index (χ0n) is 11.8. The van der Waals surface area contributed by atoms with Crippen molar-refractivity contribution in [3.8, 4) is 5.75 Å². The van der Waals surface area contributed by atoms with Gasteiger partial charge in [0.15, 0.2) is 0 Å². The van der Waals surface area contributed by atoms with Crippen molar-refractivity contribution < 1.29 is 14.8 Å². The smallest absolute Gasteiger partial charge is 0.121 e. The van der Waals surface area contributed by atoms with Crippen molar-refractivity contribution in [2.24, 2.45) is 0 Å². The van der Waals surface area contributed by atoms with Crippen molar-refractivity contribution >= 4 is 11.4 Å². The van der Waals surface area contributed by atoms with E-state index < -0.39 is 0 Å². The molecule has 6 nitrogen and oxygen atoms in total. The molecule has 0 aliphatic heterocycles. The van der Waals surface area contributed by atoms with Crippen LogP contribution in [0.4, 0.5) is 11.4 Å². The fourth-order valence-electron chi connectivity index (χ4n) is 1.64. The van der Waals surface area contributed by atoms with Gasteiger partial charge in [0.1, 0.15) is 11.4 Å². The van der Waals surface area contributed by atoms with E-state index in [1.807, 2.05) is 20.0 Å². The summed E-state index contributed by atoms with van der Waals surface area (Å²) < 4.78 is 5.64. The first-order valence-corrected chi connectivity index (χ1v) is 6.41. The Bertz CT molecular complexity index is 374. The van der Waals surface area contributed by atoms with Crippen molar-refractivity contribution in [2.45, 2.75) is 13.3 Å². The minimum Gasteiger partial charge on any atom is -0.493 e. The molecule has 0 unspecified atom stereocenters. The van der Waals surface area contributed by atoms with E-state index >= 15 is 0 Å². The van der Waals surface area contributed by atoms with Gasteiger partial charge in [0.05, 0.1) is 19.4 Å². The van der Waals surface area contributed by atoms with E-state index in [2.05, 4.69) is 10.6 Å². The highest BCUT2D eigenvalue weighted by molar-refractivity contribution is 5.70. The van der Waals surface area contributed by atoms with Gasteiger partial charge in [-0.3, -0.25) is 10.0 Å². The van der Waals surface area contributed by atoms with Crippen LogP contribution in [-0.2, 0) is 4.84 Å². The molecule has 0 fully saturated rings. The molecule has 1 rings (SSSR count). The molecule has 0 aromatic heterocycles. The summed E-state index contributed by atoms with van der Waals surface area (Å²) in [5.41, 5.74) is 1.31. The summed E-state index contributed by atoms with van der Waals surface area (Å²) in [5.74, 6) is 0.764. The van der Waals surface area contributed by atoms with E-state index in [9.17, 15) is 5.21 Å². The average Bonchev–Trinajstić information content (AvgIpc) is 2.43. The lowest BCUT2D eigenvalue weighted by atomic mass is 10.2. The van der Waals surface area contributed by atoms with Crippen LogP contribution in [0.25, 0.3) is 0 Å². The van der Waals surface area contributed by atoms with E-state index in [0.29, 0.717) is 12.3 Å². The molecule has 0 spiro atoms. The Balaban J connectivity index is 2.71. The van der Waals surface area contributed by atoms with Crippen LogP contribution in [0, 0.1) is 0 Å². The van der Waals surface area contributed by atoms with Gasteiger partial charge < -0.3 is 15.4 Å². The fourth-order valence-corrected chi connectivity index (χ4v) is 1.64. The Morgan fingerprint density at radius 1 is 1.37 bits per heavy atom. The number of benzene rings is 1. The lowest BCUT2D eigenvalue weighted by Gasteiger charge is -2.18. The molecule has 0 aliphatic carbocycles. The highest BCUT2D eigenvalue weighted by Gasteiger charge is 2.10. The van der Waals surface area contributed by atoms with Gasteiger partial charge in [-0.05, 0) is 39.1 Å². The summed E-state index contributed by atoms with van der Waals surface area (Å²) in [5, 5.41) is 16.5. The Morgan fingerprint density at radius 2 is 2.16 bits per heavy atom. The Morgan fingerprint density at radius 3 is 2.79 bits per heavy atom. The van der Waals surface area contributed by atoms with Crippen LogP contribution in [0.15, 0.2) is 18.2 Å². The molecule has 0 atom stereocenters. The number of rotatable bonds is 9. The lowest BCUT2D eigenvalue weighted by Crippen LogP contribution is -2.18. The Kier molecular flexibility index (Phi) is 7.02. The van der Waals surface area contributed by atoms with E-state index in [1.54, 1.807) is 12.1 Å². The summed E-state index contributed by atoms with van der Waals surface area (Å²) >= 11 is 0. The van der Waals surface area contributed by atoms with Crippen LogP contribution in [-0.4, -0.2) is 39.1 Å². The quantitative estimate of drug-likeness (QED) is 0.470. The summed E-state index contributed by atoms with van der Waals surface area (Å²) in [4.78, 5) is 4.78. The van der Waals surface area contributed by atoms with Gasteiger partial charge >= 0.3 is 0 Å². The van der Waals surface area contributed by atoms with Gasteiger partial charge in [-0.25, -0.2) is 0 Å². The maximum atomic E-state index is 9.60. The highest BCUT2D eigenvalue weighted by atomic mass is 16.9. The predicted molar refractivity (Wildman–Crippen MR) is 75.9 cm³/mol. The minimum absolute atomic E-state index is 0.548. The second-order valence-corrected chi connectivity index (χ2v) is 3.97. The normalized spacial score (nSPS) is 10.3. The standard InChI is InChI=1S/C13H23N3O3/c1-4-15-12-10-11(19-9-5-8-14-2)6-7-13(12)16(17)18-3/h6-7,10,14-15,17H,4-5,8-9H2,1-3H3. The highest BCUT2D eigenvalue weighted by Crippen LogP contribution is 2.29. The number of hydrogen-bond donors (Lipinski definition) is 3. The third-order valence-electron chi connectivity index (χ3n) is 2.55. The SMILES string of the molecule is CCNc1cc(OCCCNC)ccc1N(O)OC. The predicted octanol–water partition coefficient (Wildman–Crippen LogP) is 1.86. The molecular weight excluding hydrogens is 246 g/mol. The van der Waals surface area contributed by atoms with Crippen LogP contribution in [0.1, 0.15) is 13.3 Å². The molecular formula is C13H23N3O3. The second-order valence-electron chi connectivity index (χ2n) is 3.97. The average molecular weight is 269 g/mol. The van der Waals surface area contributed by atoms with Crippen molar-refractivity contribution in [1.82, 2.24) is 5.32 Å². The third kappa shape index (κ3) is 4.94. The fraction of sp³-hybridized carbons (Fsp3) is 0.538. The van der Waals surface area contributed by atoms with Crippen LogP contribution in [0.5, 0.6) is 5.75 Å². The zero-order valence-corrected chi connectivity index (χ0v) is 11.8. The molecule has 1 aromatic rings. The first-order valence-electron chi connectivity index (χ1n) is 6.41. The summed E-state index contributed by atoms with van der Waals surface area (Å²) in [6, 6.07) is 5.40. The summed E-state index contributed by atoms with van der Waals surface area (Å²) in [7, 11) is 3.32. The van der Waals surface area contributed by atoms with Gasteiger partial charge in [-0.2, -0.15) is 0 Å². The van der Waals surface area contributed by atoms with Crippen LogP contribution < -0.4 is 20.6 Å². The summed E-state index contributed by atoms with van der Waals surface area (Å²) in [6.07, 6.45) is 0.943. The number of anilines is 2. The first kappa shape index (κ1) is 15.6. The molecule has 108 valence electrons. The number of ether oxygens (including phenoxy) is 1. The number of nitrogens with one attached hydrogen (secondary N) is 2. The van der Waals surface area contributed by atoms with E-state index in [0.717, 1.165) is 36.2 Å². The van der Waals surface area contributed by atoms with E-state index in [-0.39, 0.29) is 0 Å². The van der Waals surface area contributed by atoms with E-state index in [1.165, 1.54) is 7.11 Å². The van der Waals surface area contributed by atoms with Gasteiger partial charge in [-0.1, -0.05) is 0 Å². The molecule has 0 bridgehead atoms. The minimum atomic E-state index is 0.548. The molecule has 0 saturated heterocycles. The molecule has 3 N–H and O–H groups in total. The Labute approximate surface area is 114 Å². The van der Waals surface area contributed by atoms with Crippen molar-refractivity contribution in [2.75, 3.05) is 44.4 Å². The zero-order chi connectivity index (χ0) is 14.1. The van der Waals surface area contributed by atoms with Crippen LogP contribution in [0.2, 0.25) is 0 Å². The van der Waals surface area contributed by atoms with Gasteiger partial charge in [0, 0.05) is 12.6 Å². The molecule has 0 heterocycles. The molecule has 19 heavy (non-hydrogen) atoms. The van der Waals surface area contributed by atoms with Crippen LogP contribution in [0.3, 0.4) is 0 Å². The molecule has 6 heteroatoms. The van der Waals surface area contributed by atoms with Crippen LogP contribution >= 0.6 is 0 Å². The molecule has 1 aromatic carbocycles. The summed E-state index contributed by atoms with van der Waals surface area (Å²) in [6.45, 7) is 4.30. The van der Waals surface area contributed by atoms with Crippen molar-refractivity contribution in [3.05, 3.63) is 18.2 Å². The molecule has 0 aliphatic rings. The third-order valence-corrected chi connectivity index (χ3v) is 2.55. The van der Waals surface area contributed by atoms with Gasteiger partial charge in [0.25, 0.3) is 0 Å². The Hall–Kier alpha value is -1.50. The first-order chi connectivity index (χ1) is 9.22. The molecule has 0 radical (unpaired) electrons. The number of hydrogen-bond acceptors (Lipinski definition) is 6. The van der Waals surface area contributed by atoms with Gasteiger partial charge in [-0.15, -0.1) is 5.23 Å². The largest absolute Gasteiger partial charge is 0.493 e. The van der Waals surface area contributed by atoms with Gasteiger partial charge in [0.2, 0.25) is 0 Å². The molecule has 0 amide bonds. The maximum absolute atomic E-state index is 9.60. The number of nitrogens with zero attached hydrogens (tertiary/aromatic N) is 1. The molecule has 0 saturated carbocycles. The second kappa shape index (κ2) is 8.58. The lowest BCUT2D eigenvalue weighted by molar-refractivity contribution is -0.0106.